The smallest absolute Gasteiger partial charge is 0.163 e. The lowest BCUT2D eigenvalue weighted by atomic mass is 10.3. The number of rotatable bonds is 5. The third-order valence-electron chi connectivity index (χ3n) is 4.13. The number of hydrogen-bond donors (Lipinski definition) is 0. The summed E-state index contributed by atoms with van der Waals surface area (Å²) >= 11 is 0. The number of imidazole rings is 1. The number of hydrogen-bond acceptors (Lipinski definition) is 4. The second-order valence-corrected chi connectivity index (χ2v) is 6.23. The van der Waals surface area contributed by atoms with Gasteiger partial charge < -0.3 is 9.47 Å². The zero-order valence-corrected chi connectivity index (χ0v) is 14.4. The van der Waals surface area contributed by atoms with Crippen molar-refractivity contribution in [3.8, 4) is 17.2 Å². The predicted molar refractivity (Wildman–Crippen MR) is 98.6 cm³/mol. The van der Waals surface area contributed by atoms with Crippen molar-refractivity contribution < 1.29 is 0 Å². The highest BCUT2D eigenvalue weighted by Crippen LogP contribution is 2.23. The van der Waals surface area contributed by atoms with Crippen LogP contribution in [0.4, 0.5) is 0 Å². The molecular formula is C19H20N6. The van der Waals surface area contributed by atoms with Crippen LogP contribution in [-0.2, 0) is 6.54 Å². The Bertz CT molecular complexity index is 984. The van der Waals surface area contributed by atoms with Crippen molar-refractivity contribution in [3.05, 3.63) is 60.8 Å². The minimum Gasteiger partial charge on any atom is -0.321 e. The molecule has 0 saturated heterocycles. The third-order valence-corrected chi connectivity index (χ3v) is 4.13. The van der Waals surface area contributed by atoms with E-state index in [1.165, 1.54) is 0 Å². The second kappa shape index (κ2) is 6.49. The van der Waals surface area contributed by atoms with Crippen molar-refractivity contribution in [2.45, 2.75) is 6.54 Å². The Kier molecular flexibility index (Phi) is 4.03. The second-order valence-electron chi connectivity index (χ2n) is 6.23. The van der Waals surface area contributed by atoms with Crippen LogP contribution in [0.5, 0.6) is 0 Å². The van der Waals surface area contributed by atoms with E-state index in [1.54, 1.807) is 11.0 Å². The lowest BCUT2D eigenvalue weighted by Gasteiger charge is -2.12. The molecule has 0 aliphatic carbocycles. The summed E-state index contributed by atoms with van der Waals surface area (Å²) < 4.78 is 2.22. The highest BCUT2D eigenvalue weighted by atomic mass is 15.5. The van der Waals surface area contributed by atoms with Crippen LogP contribution in [-0.4, -0.2) is 50.1 Å². The predicted octanol–water partition coefficient (Wildman–Crippen LogP) is 2.85. The summed E-state index contributed by atoms with van der Waals surface area (Å²) in [5, 5.41) is 9.05. The van der Waals surface area contributed by atoms with Crippen LogP contribution >= 0.6 is 0 Å². The van der Waals surface area contributed by atoms with Crippen molar-refractivity contribution >= 4 is 11.0 Å². The fraction of sp³-hybridized carbons (Fsp3) is 0.211. The maximum absolute atomic E-state index is 4.80. The van der Waals surface area contributed by atoms with Crippen molar-refractivity contribution in [1.29, 1.82) is 0 Å². The van der Waals surface area contributed by atoms with E-state index in [0.717, 1.165) is 41.3 Å². The van der Waals surface area contributed by atoms with E-state index in [1.807, 2.05) is 48.5 Å². The molecular weight excluding hydrogens is 312 g/mol. The van der Waals surface area contributed by atoms with Crippen LogP contribution in [0.3, 0.4) is 0 Å². The van der Waals surface area contributed by atoms with E-state index < -0.39 is 0 Å². The van der Waals surface area contributed by atoms with Crippen LogP contribution in [0.15, 0.2) is 60.8 Å². The molecule has 2 aromatic carbocycles. The SMILES string of the molecule is CN(C)CCn1c(-c2cnn(-c3ccccc3)n2)nc2ccccc21. The normalized spacial score (nSPS) is 11.5. The summed E-state index contributed by atoms with van der Waals surface area (Å²) in [6.07, 6.45) is 1.78. The Morgan fingerprint density at radius 2 is 1.72 bits per heavy atom. The topological polar surface area (TPSA) is 51.8 Å². The molecule has 25 heavy (non-hydrogen) atoms. The molecule has 0 unspecified atom stereocenters. The monoisotopic (exact) mass is 332 g/mol. The molecule has 6 heteroatoms. The number of nitrogens with zero attached hydrogens (tertiary/aromatic N) is 6. The Morgan fingerprint density at radius 1 is 0.960 bits per heavy atom. The summed E-state index contributed by atoms with van der Waals surface area (Å²) in [7, 11) is 4.15. The number of aromatic nitrogens is 5. The fourth-order valence-electron chi connectivity index (χ4n) is 2.85. The van der Waals surface area contributed by atoms with Gasteiger partial charge in [-0.25, -0.2) is 4.98 Å². The van der Waals surface area contributed by atoms with E-state index in [2.05, 4.69) is 39.8 Å². The van der Waals surface area contributed by atoms with Gasteiger partial charge >= 0.3 is 0 Å². The average Bonchev–Trinajstić information content (AvgIpc) is 3.25. The first-order valence-electron chi connectivity index (χ1n) is 8.30. The maximum atomic E-state index is 4.80. The van der Waals surface area contributed by atoms with Gasteiger partial charge in [-0.05, 0) is 38.4 Å². The molecule has 0 spiro atoms. The number of para-hydroxylation sites is 3. The highest BCUT2D eigenvalue weighted by molar-refractivity contribution is 5.79. The van der Waals surface area contributed by atoms with Crippen LogP contribution < -0.4 is 0 Å². The summed E-state index contributed by atoms with van der Waals surface area (Å²) in [5.41, 5.74) is 3.81. The van der Waals surface area contributed by atoms with Gasteiger partial charge in [0.25, 0.3) is 0 Å². The minimum atomic E-state index is 0.777. The molecule has 126 valence electrons. The zero-order valence-electron chi connectivity index (χ0n) is 14.4. The third kappa shape index (κ3) is 3.04. The van der Waals surface area contributed by atoms with Crippen molar-refractivity contribution in [2.75, 3.05) is 20.6 Å². The van der Waals surface area contributed by atoms with E-state index in [4.69, 9.17) is 4.98 Å². The zero-order chi connectivity index (χ0) is 17.2. The van der Waals surface area contributed by atoms with Gasteiger partial charge in [-0.2, -0.15) is 9.90 Å². The maximum Gasteiger partial charge on any atom is 0.163 e. The first kappa shape index (κ1) is 15.5. The molecule has 6 nitrogen and oxygen atoms in total. The summed E-state index contributed by atoms with van der Waals surface area (Å²) in [6.45, 7) is 1.78. The van der Waals surface area contributed by atoms with Gasteiger partial charge in [-0.3, -0.25) is 0 Å². The minimum absolute atomic E-state index is 0.777. The molecule has 0 amide bonds. The largest absolute Gasteiger partial charge is 0.321 e. The average molecular weight is 332 g/mol. The fourth-order valence-corrected chi connectivity index (χ4v) is 2.85. The van der Waals surface area contributed by atoms with Gasteiger partial charge in [0.2, 0.25) is 0 Å². The Labute approximate surface area is 146 Å². The first-order valence-corrected chi connectivity index (χ1v) is 8.30. The molecule has 0 atom stereocenters. The van der Waals surface area contributed by atoms with Crippen LogP contribution in [0.25, 0.3) is 28.2 Å². The molecule has 0 bridgehead atoms. The van der Waals surface area contributed by atoms with Gasteiger partial charge in [0.15, 0.2) is 5.82 Å². The van der Waals surface area contributed by atoms with Crippen LogP contribution in [0, 0.1) is 0 Å². The lowest BCUT2D eigenvalue weighted by molar-refractivity contribution is 0.387. The van der Waals surface area contributed by atoms with Gasteiger partial charge in [0.05, 0.1) is 22.9 Å². The van der Waals surface area contributed by atoms with Crippen molar-refractivity contribution in [2.24, 2.45) is 0 Å². The number of fused-ring (bicyclic) bond motifs is 1. The number of likely N-dealkylation sites (N-methyl/N-ethyl adjacent to an activating group) is 1. The lowest BCUT2D eigenvalue weighted by Crippen LogP contribution is -2.18. The van der Waals surface area contributed by atoms with Crippen molar-refractivity contribution in [3.63, 3.8) is 0 Å². The molecule has 0 aliphatic heterocycles. The van der Waals surface area contributed by atoms with E-state index in [9.17, 15) is 0 Å². The molecule has 0 N–H and O–H groups in total. The van der Waals surface area contributed by atoms with Gasteiger partial charge in [-0.15, -0.1) is 5.10 Å². The van der Waals surface area contributed by atoms with E-state index >= 15 is 0 Å². The quantitative estimate of drug-likeness (QED) is 0.564. The van der Waals surface area contributed by atoms with Gasteiger partial charge in [0, 0.05) is 13.1 Å². The van der Waals surface area contributed by atoms with Crippen molar-refractivity contribution in [1.82, 2.24) is 29.4 Å². The molecule has 4 rings (SSSR count). The molecule has 2 aromatic heterocycles. The van der Waals surface area contributed by atoms with E-state index in [0.29, 0.717) is 0 Å². The molecule has 0 fully saturated rings. The van der Waals surface area contributed by atoms with Gasteiger partial charge in [-0.1, -0.05) is 30.3 Å². The first-order chi connectivity index (χ1) is 12.2. The molecule has 2 heterocycles. The molecule has 0 aliphatic rings. The van der Waals surface area contributed by atoms with Crippen LogP contribution in [0.2, 0.25) is 0 Å². The molecule has 4 aromatic rings. The summed E-state index contributed by atoms with van der Waals surface area (Å²) in [6, 6.07) is 18.1. The van der Waals surface area contributed by atoms with Crippen LogP contribution in [0.1, 0.15) is 0 Å². The Morgan fingerprint density at radius 3 is 2.52 bits per heavy atom. The summed E-state index contributed by atoms with van der Waals surface area (Å²) in [4.78, 5) is 8.61. The van der Waals surface area contributed by atoms with E-state index in [-0.39, 0.29) is 0 Å². The molecule has 0 saturated carbocycles. The summed E-state index contributed by atoms with van der Waals surface area (Å²) in [5.74, 6) is 0.852. The standard InChI is InChI=1S/C19H20N6/c1-23(2)12-13-24-18-11-7-6-10-16(18)21-19(24)17-14-20-25(22-17)15-8-4-3-5-9-15/h3-11,14H,12-13H2,1-2H3. The van der Waals surface area contributed by atoms with Gasteiger partial charge in [0.1, 0.15) is 5.69 Å². The Balaban J connectivity index is 1.78. The highest BCUT2D eigenvalue weighted by Gasteiger charge is 2.15. The Hall–Kier alpha value is -2.99. The molecule has 0 radical (unpaired) electrons. The number of benzene rings is 2.